The molecule has 0 aliphatic carbocycles. The molecule has 0 spiro atoms. The number of para-hydroxylation sites is 1. The topological polar surface area (TPSA) is 38.3 Å². The minimum atomic E-state index is 0.0196. The van der Waals surface area contributed by atoms with E-state index in [0.717, 1.165) is 18.7 Å². The number of rotatable bonds is 3. The molecule has 0 bridgehead atoms. The van der Waals surface area contributed by atoms with Crippen LogP contribution in [-0.2, 0) is 11.2 Å². The molecule has 1 N–H and O–H groups in total. The van der Waals surface area contributed by atoms with Crippen molar-refractivity contribution >= 4 is 5.91 Å². The van der Waals surface area contributed by atoms with E-state index in [1.165, 1.54) is 5.56 Å². The number of carbonyl (C=O) groups excluding carboxylic acids is 1. The highest BCUT2D eigenvalue weighted by molar-refractivity contribution is 5.79. The van der Waals surface area contributed by atoms with Crippen molar-refractivity contribution in [2.24, 2.45) is 5.41 Å². The summed E-state index contributed by atoms with van der Waals surface area (Å²) in [5.74, 6) is 1.06. The Kier molecular flexibility index (Phi) is 2.86. The van der Waals surface area contributed by atoms with Gasteiger partial charge in [-0.3, -0.25) is 4.79 Å². The number of amides is 1. The third kappa shape index (κ3) is 2.18. The molecule has 16 heavy (non-hydrogen) atoms. The lowest BCUT2D eigenvalue weighted by Gasteiger charge is -2.22. The molecule has 1 aromatic carbocycles. The van der Waals surface area contributed by atoms with Gasteiger partial charge in [0.15, 0.2) is 0 Å². The van der Waals surface area contributed by atoms with Gasteiger partial charge in [0.1, 0.15) is 5.75 Å². The molecular weight excluding hydrogens is 202 g/mol. The van der Waals surface area contributed by atoms with E-state index in [1.54, 1.807) is 7.11 Å². The first-order chi connectivity index (χ1) is 7.63. The molecule has 1 atom stereocenters. The molecule has 1 heterocycles. The van der Waals surface area contributed by atoms with Gasteiger partial charge in [-0.15, -0.1) is 0 Å². The molecule has 1 saturated heterocycles. The van der Waals surface area contributed by atoms with Crippen LogP contribution in [-0.4, -0.2) is 19.6 Å². The van der Waals surface area contributed by atoms with E-state index in [9.17, 15) is 4.79 Å². The van der Waals surface area contributed by atoms with Gasteiger partial charge in [0.2, 0.25) is 5.91 Å². The molecular formula is C13H17NO2. The maximum atomic E-state index is 11.3. The zero-order valence-electron chi connectivity index (χ0n) is 9.75. The Morgan fingerprint density at radius 3 is 2.81 bits per heavy atom. The fraction of sp³-hybridized carbons (Fsp3) is 0.462. The molecule has 1 aliphatic rings. The van der Waals surface area contributed by atoms with E-state index in [2.05, 4.69) is 18.3 Å². The summed E-state index contributed by atoms with van der Waals surface area (Å²) in [7, 11) is 1.68. The Bertz CT molecular complexity index is 403. The van der Waals surface area contributed by atoms with E-state index < -0.39 is 0 Å². The van der Waals surface area contributed by atoms with Crippen LogP contribution in [0.4, 0.5) is 0 Å². The summed E-state index contributed by atoms with van der Waals surface area (Å²) >= 11 is 0. The van der Waals surface area contributed by atoms with Crippen LogP contribution < -0.4 is 10.1 Å². The normalized spacial score (nSPS) is 24.2. The summed E-state index contributed by atoms with van der Waals surface area (Å²) in [5, 5.41) is 2.89. The molecule has 3 heteroatoms. The van der Waals surface area contributed by atoms with Gasteiger partial charge < -0.3 is 10.1 Å². The van der Waals surface area contributed by atoms with Gasteiger partial charge in [-0.25, -0.2) is 0 Å². The summed E-state index contributed by atoms with van der Waals surface area (Å²) in [5.41, 5.74) is 1.19. The summed E-state index contributed by atoms with van der Waals surface area (Å²) < 4.78 is 5.32. The second kappa shape index (κ2) is 4.16. The lowest BCUT2D eigenvalue weighted by atomic mass is 9.82. The van der Waals surface area contributed by atoms with Crippen LogP contribution in [0.2, 0.25) is 0 Å². The molecule has 0 aromatic heterocycles. The van der Waals surface area contributed by atoms with Crippen molar-refractivity contribution in [2.45, 2.75) is 19.8 Å². The highest BCUT2D eigenvalue weighted by Gasteiger charge is 2.34. The summed E-state index contributed by atoms with van der Waals surface area (Å²) in [6.07, 6.45) is 1.47. The van der Waals surface area contributed by atoms with E-state index >= 15 is 0 Å². The van der Waals surface area contributed by atoms with E-state index in [4.69, 9.17) is 4.74 Å². The molecule has 1 unspecified atom stereocenters. The molecule has 2 rings (SSSR count). The largest absolute Gasteiger partial charge is 0.496 e. The number of nitrogens with one attached hydrogen (secondary N) is 1. The quantitative estimate of drug-likeness (QED) is 0.841. The highest BCUT2D eigenvalue weighted by atomic mass is 16.5. The molecule has 0 saturated carbocycles. The Morgan fingerprint density at radius 2 is 2.19 bits per heavy atom. The molecule has 0 radical (unpaired) electrons. The SMILES string of the molecule is COc1ccccc1CC1(C)CNC(=O)C1. The van der Waals surface area contributed by atoms with Crippen molar-refractivity contribution < 1.29 is 9.53 Å². The smallest absolute Gasteiger partial charge is 0.220 e. The van der Waals surface area contributed by atoms with Crippen molar-refractivity contribution in [3.05, 3.63) is 29.8 Å². The van der Waals surface area contributed by atoms with Crippen LogP contribution in [0.3, 0.4) is 0 Å². The average Bonchev–Trinajstić information content (AvgIpc) is 2.59. The van der Waals surface area contributed by atoms with Crippen LogP contribution >= 0.6 is 0 Å². The van der Waals surface area contributed by atoms with E-state index in [0.29, 0.717) is 6.42 Å². The van der Waals surface area contributed by atoms with Crippen LogP contribution in [0, 0.1) is 5.41 Å². The first-order valence-corrected chi connectivity index (χ1v) is 5.52. The minimum Gasteiger partial charge on any atom is -0.496 e. The van der Waals surface area contributed by atoms with Crippen LogP contribution in [0.15, 0.2) is 24.3 Å². The minimum absolute atomic E-state index is 0.0196. The molecule has 1 aromatic rings. The molecule has 1 fully saturated rings. The van der Waals surface area contributed by atoms with Gasteiger partial charge in [-0.2, -0.15) is 0 Å². The maximum Gasteiger partial charge on any atom is 0.220 e. The van der Waals surface area contributed by atoms with Gasteiger partial charge in [-0.05, 0) is 23.5 Å². The first-order valence-electron chi connectivity index (χ1n) is 5.52. The summed E-state index contributed by atoms with van der Waals surface area (Å²) in [6, 6.07) is 7.99. The Morgan fingerprint density at radius 1 is 1.44 bits per heavy atom. The average molecular weight is 219 g/mol. The van der Waals surface area contributed by atoms with Crippen LogP contribution in [0.5, 0.6) is 5.75 Å². The summed E-state index contributed by atoms with van der Waals surface area (Å²) in [4.78, 5) is 11.3. The van der Waals surface area contributed by atoms with Gasteiger partial charge in [-0.1, -0.05) is 25.1 Å². The number of carbonyl (C=O) groups is 1. The number of hydrogen-bond acceptors (Lipinski definition) is 2. The molecule has 86 valence electrons. The third-order valence-corrected chi connectivity index (χ3v) is 3.11. The number of hydrogen-bond donors (Lipinski definition) is 1. The predicted octanol–water partition coefficient (Wildman–Crippen LogP) is 1.76. The van der Waals surface area contributed by atoms with Crippen molar-refractivity contribution in [3.63, 3.8) is 0 Å². The van der Waals surface area contributed by atoms with Crippen molar-refractivity contribution in [2.75, 3.05) is 13.7 Å². The van der Waals surface area contributed by atoms with E-state index in [1.807, 2.05) is 18.2 Å². The van der Waals surface area contributed by atoms with Crippen molar-refractivity contribution in [1.29, 1.82) is 0 Å². The molecule has 1 aliphatic heterocycles. The van der Waals surface area contributed by atoms with Gasteiger partial charge >= 0.3 is 0 Å². The fourth-order valence-electron chi connectivity index (χ4n) is 2.26. The number of methoxy groups -OCH3 is 1. The third-order valence-electron chi connectivity index (χ3n) is 3.11. The van der Waals surface area contributed by atoms with Gasteiger partial charge in [0, 0.05) is 13.0 Å². The second-order valence-corrected chi connectivity index (χ2v) is 4.75. The van der Waals surface area contributed by atoms with Gasteiger partial charge in [0.05, 0.1) is 7.11 Å². The van der Waals surface area contributed by atoms with Crippen LogP contribution in [0.25, 0.3) is 0 Å². The van der Waals surface area contributed by atoms with E-state index in [-0.39, 0.29) is 11.3 Å². The lowest BCUT2D eigenvalue weighted by molar-refractivity contribution is -0.119. The maximum absolute atomic E-state index is 11.3. The predicted molar refractivity (Wildman–Crippen MR) is 62.4 cm³/mol. The van der Waals surface area contributed by atoms with Gasteiger partial charge in [0.25, 0.3) is 0 Å². The zero-order chi connectivity index (χ0) is 11.6. The monoisotopic (exact) mass is 219 g/mol. The first kappa shape index (κ1) is 11.0. The highest BCUT2D eigenvalue weighted by Crippen LogP contribution is 2.32. The molecule has 1 amide bonds. The number of ether oxygens (including phenoxy) is 1. The number of benzene rings is 1. The standard InChI is InChI=1S/C13H17NO2/c1-13(8-12(15)14-9-13)7-10-5-3-4-6-11(10)16-2/h3-6H,7-9H2,1-2H3,(H,14,15). The lowest BCUT2D eigenvalue weighted by Crippen LogP contribution is -2.23. The second-order valence-electron chi connectivity index (χ2n) is 4.75. The fourth-order valence-corrected chi connectivity index (χ4v) is 2.26. The summed E-state index contributed by atoms with van der Waals surface area (Å²) in [6.45, 7) is 2.89. The van der Waals surface area contributed by atoms with Crippen molar-refractivity contribution in [1.82, 2.24) is 5.32 Å². The Labute approximate surface area is 95.8 Å². The Balaban J connectivity index is 2.17. The molecule has 3 nitrogen and oxygen atoms in total. The van der Waals surface area contributed by atoms with Crippen molar-refractivity contribution in [3.8, 4) is 5.75 Å². The Hall–Kier alpha value is -1.51. The van der Waals surface area contributed by atoms with Crippen LogP contribution in [0.1, 0.15) is 18.9 Å². The zero-order valence-corrected chi connectivity index (χ0v) is 9.75.